The molecule has 0 heterocycles. The van der Waals surface area contributed by atoms with Crippen molar-refractivity contribution in [3.05, 3.63) is 23.3 Å². The van der Waals surface area contributed by atoms with Gasteiger partial charge in [-0.2, -0.15) is 0 Å². The third-order valence-corrected chi connectivity index (χ3v) is 5.38. The average molecular weight is 386 g/mol. The van der Waals surface area contributed by atoms with Crippen molar-refractivity contribution in [2.24, 2.45) is 0 Å². The Morgan fingerprint density at radius 3 is 2.23 bits per heavy atom. The van der Waals surface area contributed by atoms with Gasteiger partial charge in [0.25, 0.3) is 0 Å². The standard InChI is InChI=1S/C19H31NO5S/c1-13-11-16(23-8)12-14(2)17(13)26(22)20(7)9-10-24-15(3)18(21)25-19(4,5)6/h11-12,15H,9-10H2,1-8H3. The molecule has 148 valence electrons. The molecule has 2 atom stereocenters. The van der Waals surface area contributed by atoms with E-state index in [-0.39, 0.29) is 6.61 Å². The molecule has 0 spiro atoms. The lowest BCUT2D eigenvalue weighted by Crippen LogP contribution is -2.34. The molecule has 1 rings (SSSR count). The number of esters is 1. The van der Waals surface area contributed by atoms with E-state index in [0.29, 0.717) is 6.54 Å². The van der Waals surface area contributed by atoms with Crippen LogP contribution < -0.4 is 4.74 Å². The van der Waals surface area contributed by atoms with Gasteiger partial charge in [-0.1, -0.05) is 0 Å². The van der Waals surface area contributed by atoms with Gasteiger partial charge in [-0.3, -0.25) is 0 Å². The summed E-state index contributed by atoms with van der Waals surface area (Å²) in [5.74, 6) is 0.348. The van der Waals surface area contributed by atoms with E-state index in [1.54, 1.807) is 25.4 Å². The molecule has 0 aliphatic rings. The van der Waals surface area contributed by atoms with Gasteiger partial charge in [0.2, 0.25) is 0 Å². The number of aryl methyl sites for hydroxylation is 2. The predicted octanol–water partition coefficient (Wildman–Crippen LogP) is 3.01. The highest BCUT2D eigenvalue weighted by atomic mass is 32.2. The molecule has 0 fully saturated rings. The second-order valence-electron chi connectivity index (χ2n) is 7.24. The van der Waals surface area contributed by atoms with Crippen LogP contribution in [-0.2, 0) is 25.3 Å². The van der Waals surface area contributed by atoms with E-state index in [1.807, 2.05) is 46.8 Å². The third-order valence-electron chi connectivity index (χ3n) is 3.64. The second-order valence-corrected chi connectivity index (χ2v) is 8.77. The smallest absolute Gasteiger partial charge is 0.335 e. The lowest BCUT2D eigenvalue weighted by atomic mass is 10.1. The highest BCUT2D eigenvalue weighted by molar-refractivity contribution is 7.82. The SMILES string of the molecule is COc1cc(C)c(S(=O)N(C)CCOC(C)C(=O)OC(C)(C)C)c(C)c1. The summed E-state index contributed by atoms with van der Waals surface area (Å²) in [6.45, 7) is 11.6. The maximum atomic E-state index is 12.8. The summed E-state index contributed by atoms with van der Waals surface area (Å²) >= 11 is 0. The fourth-order valence-electron chi connectivity index (χ4n) is 2.35. The lowest BCUT2D eigenvalue weighted by Gasteiger charge is -2.23. The van der Waals surface area contributed by atoms with Crippen LogP contribution in [0.25, 0.3) is 0 Å². The molecule has 0 aliphatic carbocycles. The normalized spacial score (nSPS) is 14.2. The number of likely N-dealkylation sites (N-methyl/N-ethyl adjacent to an activating group) is 1. The molecular weight excluding hydrogens is 354 g/mol. The zero-order valence-electron chi connectivity index (χ0n) is 17.0. The first-order valence-corrected chi connectivity index (χ1v) is 9.69. The summed E-state index contributed by atoms with van der Waals surface area (Å²) in [6.07, 6.45) is -0.666. The maximum Gasteiger partial charge on any atom is 0.335 e. The minimum Gasteiger partial charge on any atom is -0.497 e. The minimum atomic E-state index is -1.32. The van der Waals surface area contributed by atoms with Gasteiger partial charge in [0.1, 0.15) is 22.3 Å². The van der Waals surface area contributed by atoms with Crippen molar-refractivity contribution in [2.75, 3.05) is 27.3 Å². The summed E-state index contributed by atoms with van der Waals surface area (Å²) in [7, 11) is 2.05. The van der Waals surface area contributed by atoms with Crippen LogP contribution in [0.4, 0.5) is 0 Å². The lowest BCUT2D eigenvalue weighted by molar-refractivity contribution is -0.167. The fraction of sp³-hybridized carbons (Fsp3) is 0.632. The van der Waals surface area contributed by atoms with E-state index in [2.05, 4.69) is 0 Å². The van der Waals surface area contributed by atoms with Crippen LogP contribution in [0.15, 0.2) is 17.0 Å². The van der Waals surface area contributed by atoms with Gasteiger partial charge >= 0.3 is 5.97 Å². The molecule has 1 aromatic carbocycles. The van der Waals surface area contributed by atoms with Gasteiger partial charge < -0.3 is 14.2 Å². The Hall–Kier alpha value is -1.44. The van der Waals surface area contributed by atoms with E-state index >= 15 is 0 Å². The number of carbonyl (C=O) groups excluding carboxylic acids is 1. The first-order valence-electron chi connectivity index (χ1n) is 8.59. The summed E-state index contributed by atoms with van der Waals surface area (Å²) < 4.78 is 30.6. The van der Waals surface area contributed by atoms with E-state index in [1.165, 1.54) is 0 Å². The van der Waals surface area contributed by atoms with Crippen LogP contribution in [0.1, 0.15) is 38.8 Å². The topological polar surface area (TPSA) is 65.1 Å². The highest BCUT2D eigenvalue weighted by Gasteiger charge is 2.23. The Bertz CT molecular complexity index is 631. The number of methoxy groups -OCH3 is 1. The van der Waals surface area contributed by atoms with E-state index in [0.717, 1.165) is 21.8 Å². The number of carbonyl (C=O) groups is 1. The third kappa shape index (κ3) is 6.70. The second kappa shape index (κ2) is 9.48. The van der Waals surface area contributed by atoms with Gasteiger partial charge in [0.15, 0.2) is 6.10 Å². The number of benzene rings is 1. The van der Waals surface area contributed by atoms with Crippen LogP contribution in [0, 0.1) is 13.8 Å². The molecule has 1 aromatic rings. The number of nitrogens with zero attached hydrogens (tertiary/aromatic N) is 1. The zero-order chi connectivity index (χ0) is 20.1. The first-order chi connectivity index (χ1) is 12.0. The highest BCUT2D eigenvalue weighted by Crippen LogP contribution is 2.25. The van der Waals surface area contributed by atoms with Crippen molar-refractivity contribution in [2.45, 2.75) is 58.1 Å². The van der Waals surface area contributed by atoms with Crippen LogP contribution in [0.3, 0.4) is 0 Å². The van der Waals surface area contributed by atoms with Crippen LogP contribution >= 0.6 is 0 Å². The molecule has 0 saturated carbocycles. The molecule has 26 heavy (non-hydrogen) atoms. The van der Waals surface area contributed by atoms with Gasteiger partial charge in [-0.25, -0.2) is 13.3 Å². The molecule has 7 heteroatoms. The van der Waals surface area contributed by atoms with E-state index < -0.39 is 28.7 Å². The van der Waals surface area contributed by atoms with Gasteiger partial charge in [0.05, 0.1) is 18.6 Å². The van der Waals surface area contributed by atoms with Gasteiger partial charge in [-0.15, -0.1) is 0 Å². The van der Waals surface area contributed by atoms with Crippen LogP contribution in [0.2, 0.25) is 0 Å². The predicted molar refractivity (Wildman–Crippen MR) is 103 cm³/mol. The van der Waals surface area contributed by atoms with Crippen molar-refractivity contribution in [1.29, 1.82) is 0 Å². The van der Waals surface area contributed by atoms with Gasteiger partial charge in [0, 0.05) is 13.6 Å². The molecule has 0 N–H and O–H groups in total. The number of hydrogen-bond acceptors (Lipinski definition) is 5. The van der Waals surface area contributed by atoms with Crippen molar-refractivity contribution >= 4 is 17.0 Å². The van der Waals surface area contributed by atoms with Crippen LogP contribution in [0.5, 0.6) is 5.75 Å². The number of ether oxygens (including phenoxy) is 3. The van der Waals surface area contributed by atoms with Crippen molar-refractivity contribution < 1.29 is 23.2 Å². The minimum absolute atomic E-state index is 0.275. The molecule has 0 radical (unpaired) electrons. The van der Waals surface area contributed by atoms with Crippen molar-refractivity contribution in [3.8, 4) is 5.75 Å². The Kier molecular flexibility index (Phi) is 8.24. The Morgan fingerprint density at radius 2 is 1.77 bits per heavy atom. The van der Waals surface area contributed by atoms with Crippen LogP contribution in [-0.4, -0.2) is 53.5 Å². The molecule has 0 aromatic heterocycles. The number of rotatable bonds is 8. The molecule has 0 aliphatic heterocycles. The fourth-order valence-corrected chi connectivity index (χ4v) is 3.57. The van der Waals surface area contributed by atoms with Crippen molar-refractivity contribution in [3.63, 3.8) is 0 Å². The molecule has 2 unspecified atom stereocenters. The molecule has 0 amide bonds. The van der Waals surface area contributed by atoms with E-state index in [4.69, 9.17) is 14.2 Å². The zero-order valence-corrected chi connectivity index (χ0v) is 17.9. The molecular formula is C19H31NO5S. The Morgan fingerprint density at radius 1 is 1.23 bits per heavy atom. The summed E-state index contributed by atoms with van der Waals surface area (Å²) in [4.78, 5) is 12.7. The Balaban J connectivity index is 2.62. The number of hydrogen-bond donors (Lipinski definition) is 0. The Labute approximate surface area is 159 Å². The largest absolute Gasteiger partial charge is 0.497 e. The van der Waals surface area contributed by atoms with Crippen molar-refractivity contribution in [1.82, 2.24) is 4.31 Å². The van der Waals surface area contributed by atoms with Gasteiger partial charge in [-0.05, 0) is 64.8 Å². The monoisotopic (exact) mass is 385 g/mol. The summed E-state index contributed by atoms with van der Waals surface area (Å²) in [5, 5.41) is 0. The van der Waals surface area contributed by atoms with E-state index in [9.17, 15) is 9.00 Å². The maximum absolute atomic E-state index is 12.8. The summed E-state index contributed by atoms with van der Waals surface area (Å²) in [6, 6.07) is 3.74. The molecule has 6 nitrogen and oxygen atoms in total. The first kappa shape index (κ1) is 22.6. The average Bonchev–Trinajstić information content (AvgIpc) is 2.51. The summed E-state index contributed by atoms with van der Waals surface area (Å²) in [5.41, 5.74) is 1.28. The molecule has 0 saturated heterocycles. The molecule has 0 bridgehead atoms. The quantitative estimate of drug-likeness (QED) is 0.644.